The van der Waals surface area contributed by atoms with Crippen LogP contribution in [0.4, 0.5) is 0 Å². The van der Waals surface area contributed by atoms with Gasteiger partial charge in [-0.3, -0.25) is 4.79 Å². The molecule has 0 fully saturated rings. The van der Waals surface area contributed by atoms with Crippen molar-refractivity contribution in [1.82, 2.24) is 0 Å². The van der Waals surface area contributed by atoms with Gasteiger partial charge in [-0.15, -0.1) is 11.6 Å². The number of alkyl halides is 1. The maximum atomic E-state index is 13.1. The fourth-order valence-electron chi connectivity index (χ4n) is 3.15. The molecule has 3 rings (SSSR count). The molecule has 23 heavy (non-hydrogen) atoms. The summed E-state index contributed by atoms with van der Waals surface area (Å²) in [5.74, 6) is -0.0682. The van der Waals surface area contributed by atoms with E-state index in [-0.39, 0.29) is 11.7 Å². The second-order valence-corrected chi connectivity index (χ2v) is 5.67. The highest BCUT2D eigenvalue weighted by atomic mass is 35.5. The van der Waals surface area contributed by atoms with Gasteiger partial charge in [-0.2, -0.15) is 0 Å². The van der Waals surface area contributed by atoms with Gasteiger partial charge in [-0.25, -0.2) is 0 Å². The molecule has 0 heterocycles. The van der Waals surface area contributed by atoms with E-state index < -0.39 is 5.41 Å². The zero-order valence-corrected chi connectivity index (χ0v) is 13.4. The summed E-state index contributed by atoms with van der Waals surface area (Å²) in [6.45, 7) is 0. The number of halogens is 1. The molecule has 1 nitrogen and oxygen atoms in total. The van der Waals surface area contributed by atoms with E-state index in [9.17, 15) is 4.79 Å². The number of carbonyl (C=O) groups is 1. The molecule has 0 saturated heterocycles. The van der Waals surface area contributed by atoms with Crippen LogP contribution in [0.5, 0.6) is 0 Å². The Morgan fingerprint density at radius 1 is 0.652 bits per heavy atom. The molecule has 0 bridgehead atoms. The molecule has 0 N–H and O–H groups in total. The van der Waals surface area contributed by atoms with Crippen LogP contribution >= 0.6 is 11.6 Å². The van der Waals surface area contributed by atoms with Gasteiger partial charge in [0.05, 0.1) is 5.88 Å². The summed E-state index contributed by atoms with van der Waals surface area (Å²) >= 11 is 6.04. The third-order valence-corrected chi connectivity index (χ3v) is 4.40. The van der Waals surface area contributed by atoms with E-state index in [0.29, 0.717) is 0 Å². The predicted molar refractivity (Wildman–Crippen MR) is 94.9 cm³/mol. The number of carbonyl (C=O) groups excluding carboxylic acids is 1. The number of ketones is 1. The Balaban J connectivity index is 2.38. The molecule has 0 radical (unpaired) electrons. The van der Waals surface area contributed by atoms with Gasteiger partial charge < -0.3 is 0 Å². The van der Waals surface area contributed by atoms with Crippen LogP contribution in [0.1, 0.15) is 16.7 Å². The standard InChI is InChI=1S/C21H17ClO/c22-16-20(23)21(17-10-4-1-5-11-17,18-12-6-2-7-13-18)19-14-8-3-9-15-19/h1-15H,16H2. The summed E-state index contributed by atoms with van der Waals surface area (Å²) in [5, 5.41) is 0. The highest BCUT2D eigenvalue weighted by Gasteiger charge is 2.42. The van der Waals surface area contributed by atoms with Gasteiger partial charge in [-0.05, 0) is 16.7 Å². The average molecular weight is 321 g/mol. The van der Waals surface area contributed by atoms with Crippen LogP contribution in [0.25, 0.3) is 0 Å². The van der Waals surface area contributed by atoms with E-state index in [0.717, 1.165) is 16.7 Å². The van der Waals surface area contributed by atoms with Crippen molar-refractivity contribution < 1.29 is 4.79 Å². The summed E-state index contributed by atoms with van der Waals surface area (Å²) in [6, 6.07) is 29.5. The van der Waals surface area contributed by atoms with Crippen LogP contribution in [0.3, 0.4) is 0 Å². The fraction of sp³-hybridized carbons (Fsp3) is 0.0952. The minimum Gasteiger partial charge on any atom is -0.297 e. The molecule has 2 heteroatoms. The monoisotopic (exact) mass is 320 g/mol. The number of rotatable bonds is 5. The first-order chi connectivity index (χ1) is 11.3. The largest absolute Gasteiger partial charge is 0.297 e. The Bertz CT molecular complexity index is 670. The van der Waals surface area contributed by atoms with Crippen LogP contribution in [-0.2, 0) is 10.2 Å². The van der Waals surface area contributed by atoms with Crippen LogP contribution < -0.4 is 0 Å². The van der Waals surface area contributed by atoms with Crippen molar-refractivity contribution in [3.05, 3.63) is 108 Å². The van der Waals surface area contributed by atoms with E-state index in [2.05, 4.69) is 0 Å². The Kier molecular flexibility index (Phi) is 4.59. The lowest BCUT2D eigenvalue weighted by molar-refractivity contribution is -0.119. The zero-order chi connectivity index (χ0) is 16.1. The highest BCUT2D eigenvalue weighted by molar-refractivity contribution is 6.30. The molecule has 0 aliphatic heterocycles. The molecule has 0 aromatic heterocycles. The molecule has 0 unspecified atom stereocenters. The second-order valence-electron chi connectivity index (χ2n) is 5.40. The van der Waals surface area contributed by atoms with Crippen LogP contribution in [0.15, 0.2) is 91.0 Å². The summed E-state index contributed by atoms with van der Waals surface area (Å²) < 4.78 is 0. The van der Waals surface area contributed by atoms with Crippen molar-refractivity contribution in [3.63, 3.8) is 0 Å². The first-order valence-electron chi connectivity index (χ1n) is 7.56. The van der Waals surface area contributed by atoms with E-state index in [1.807, 2.05) is 91.0 Å². The minimum absolute atomic E-state index is 0.0252. The molecular weight excluding hydrogens is 304 g/mol. The fourth-order valence-corrected chi connectivity index (χ4v) is 3.35. The van der Waals surface area contributed by atoms with Crippen molar-refractivity contribution in [2.75, 3.05) is 5.88 Å². The van der Waals surface area contributed by atoms with Gasteiger partial charge in [0.2, 0.25) is 0 Å². The smallest absolute Gasteiger partial charge is 0.166 e. The molecule has 0 spiro atoms. The van der Waals surface area contributed by atoms with E-state index in [1.165, 1.54) is 0 Å². The van der Waals surface area contributed by atoms with Crippen LogP contribution in [-0.4, -0.2) is 11.7 Å². The molecule has 3 aromatic rings. The van der Waals surface area contributed by atoms with Gasteiger partial charge >= 0.3 is 0 Å². The third kappa shape index (κ3) is 2.69. The maximum Gasteiger partial charge on any atom is 0.166 e. The number of benzene rings is 3. The van der Waals surface area contributed by atoms with Crippen molar-refractivity contribution in [2.45, 2.75) is 5.41 Å². The SMILES string of the molecule is O=C(CCl)C(c1ccccc1)(c1ccccc1)c1ccccc1. The number of hydrogen-bond acceptors (Lipinski definition) is 1. The lowest BCUT2D eigenvalue weighted by Crippen LogP contribution is -2.39. The maximum absolute atomic E-state index is 13.1. The number of Topliss-reactive ketones (excluding diaryl/α,β-unsaturated/α-hetero) is 1. The summed E-state index contributed by atoms with van der Waals surface area (Å²) in [5.41, 5.74) is 1.92. The van der Waals surface area contributed by atoms with Gasteiger partial charge in [0.1, 0.15) is 5.41 Å². The molecule has 0 atom stereocenters. The first-order valence-corrected chi connectivity index (χ1v) is 8.09. The van der Waals surface area contributed by atoms with E-state index in [4.69, 9.17) is 11.6 Å². The first kappa shape index (κ1) is 15.5. The van der Waals surface area contributed by atoms with Gasteiger partial charge in [0.15, 0.2) is 5.78 Å². The molecule has 0 aliphatic carbocycles. The molecule has 114 valence electrons. The van der Waals surface area contributed by atoms with Gasteiger partial charge in [0.25, 0.3) is 0 Å². The van der Waals surface area contributed by atoms with Gasteiger partial charge in [-0.1, -0.05) is 91.0 Å². The summed E-state index contributed by atoms with van der Waals surface area (Å²) in [6.07, 6.45) is 0. The lowest BCUT2D eigenvalue weighted by atomic mass is 9.67. The molecule has 0 aliphatic rings. The van der Waals surface area contributed by atoms with Crippen molar-refractivity contribution >= 4 is 17.4 Å². The van der Waals surface area contributed by atoms with E-state index >= 15 is 0 Å². The Morgan fingerprint density at radius 3 is 1.22 bits per heavy atom. The van der Waals surface area contributed by atoms with Crippen LogP contribution in [0.2, 0.25) is 0 Å². The lowest BCUT2D eigenvalue weighted by Gasteiger charge is -2.34. The second kappa shape index (κ2) is 6.80. The molecular formula is C21H17ClO. The number of hydrogen-bond donors (Lipinski definition) is 0. The quantitative estimate of drug-likeness (QED) is 0.486. The summed E-state index contributed by atoms with van der Waals surface area (Å²) in [4.78, 5) is 13.1. The zero-order valence-electron chi connectivity index (χ0n) is 12.7. The average Bonchev–Trinajstić information content (AvgIpc) is 2.65. The van der Waals surface area contributed by atoms with Crippen molar-refractivity contribution in [3.8, 4) is 0 Å². The Hall–Kier alpha value is -2.38. The molecule has 0 saturated carbocycles. The predicted octanol–water partition coefficient (Wildman–Crippen LogP) is 4.83. The Morgan fingerprint density at radius 2 is 0.957 bits per heavy atom. The normalized spacial score (nSPS) is 11.2. The minimum atomic E-state index is -0.883. The van der Waals surface area contributed by atoms with E-state index in [1.54, 1.807) is 0 Å². The van der Waals surface area contributed by atoms with Crippen molar-refractivity contribution in [1.29, 1.82) is 0 Å². The Labute approximate surface area is 141 Å². The molecule has 0 amide bonds. The summed E-state index contributed by atoms with van der Waals surface area (Å²) in [7, 11) is 0. The molecule has 3 aromatic carbocycles. The third-order valence-electron chi connectivity index (χ3n) is 4.16. The van der Waals surface area contributed by atoms with Crippen LogP contribution in [0, 0.1) is 0 Å². The van der Waals surface area contributed by atoms with Gasteiger partial charge in [0, 0.05) is 0 Å². The van der Waals surface area contributed by atoms with Crippen molar-refractivity contribution in [2.24, 2.45) is 0 Å². The topological polar surface area (TPSA) is 17.1 Å². The highest BCUT2D eigenvalue weighted by Crippen LogP contribution is 2.40.